The van der Waals surface area contributed by atoms with Crippen LogP contribution in [0.2, 0.25) is 0 Å². The molecule has 0 fully saturated rings. The van der Waals surface area contributed by atoms with Crippen molar-refractivity contribution in [3.63, 3.8) is 0 Å². The van der Waals surface area contributed by atoms with Crippen molar-refractivity contribution in [3.05, 3.63) is 84.7 Å². The van der Waals surface area contributed by atoms with Gasteiger partial charge in [-0.3, -0.25) is 9.46 Å². The van der Waals surface area contributed by atoms with Crippen LogP contribution in [0, 0.1) is 5.92 Å². The van der Waals surface area contributed by atoms with E-state index in [9.17, 15) is 4.57 Å². The van der Waals surface area contributed by atoms with Gasteiger partial charge < -0.3 is 5.73 Å². The summed E-state index contributed by atoms with van der Waals surface area (Å²) in [6.07, 6.45) is 5.84. The van der Waals surface area contributed by atoms with E-state index in [-0.39, 0.29) is 20.0 Å². The van der Waals surface area contributed by atoms with E-state index >= 15 is 0 Å². The summed E-state index contributed by atoms with van der Waals surface area (Å²) in [6.45, 7) is 4.00. The van der Waals surface area contributed by atoms with Crippen molar-refractivity contribution in [1.29, 1.82) is 0 Å². The molecule has 0 aromatic heterocycles. The lowest BCUT2D eigenvalue weighted by Gasteiger charge is -2.25. The fourth-order valence-electron chi connectivity index (χ4n) is 2.26. The summed E-state index contributed by atoms with van der Waals surface area (Å²) in [7, 11) is 0.166. The van der Waals surface area contributed by atoms with Crippen molar-refractivity contribution >= 4 is 19.8 Å². The third-order valence-corrected chi connectivity index (χ3v) is 4.70. The van der Waals surface area contributed by atoms with Crippen LogP contribution in [0.1, 0.15) is 13.8 Å². The SMILES string of the molecule is CC(/C=C\C=C(/N)N(c1ccccc1)c1ccccc1)C(C)P=O. The van der Waals surface area contributed by atoms with E-state index in [4.69, 9.17) is 5.73 Å². The zero-order valence-electron chi connectivity index (χ0n) is 14.0. The maximum Gasteiger partial charge on any atom is 0.158 e. The van der Waals surface area contributed by atoms with E-state index in [0.29, 0.717) is 5.82 Å². The minimum Gasteiger partial charge on any atom is -0.385 e. The highest BCUT2D eigenvalue weighted by Gasteiger charge is 2.11. The highest BCUT2D eigenvalue weighted by atomic mass is 31.1. The first-order valence-corrected chi connectivity index (χ1v) is 8.88. The molecule has 0 heterocycles. The molecule has 24 heavy (non-hydrogen) atoms. The number of rotatable bonds is 7. The van der Waals surface area contributed by atoms with E-state index in [1.54, 1.807) is 0 Å². The van der Waals surface area contributed by atoms with Crippen LogP contribution in [-0.2, 0) is 4.57 Å². The molecule has 0 radical (unpaired) electrons. The van der Waals surface area contributed by atoms with Gasteiger partial charge in [0.25, 0.3) is 0 Å². The third-order valence-electron chi connectivity index (χ3n) is 3.90. The number of nitrogens with two attached hydrogens (primary N) is 1. The maximum absolute atomic E-state index is 10.9. The minimum absolute atomic E-state index is 0.0928. The number of hydrogen-bond acceptors (Lipinski definition) is 3. The van der Waals surface area contributed by atoms with Crippen molar-refractivity contribution in [2.45, 2.75) is 19.5 Å². The van der Waals surface area contributed by atoms with Gasteiger partial charge in [-0.1, -0.05) is 62.4 Å². The lowest BCUT2D eigenvalue weighted by molar-refractivity contribution is 0.580. The number of benzene rings is 2. The normalized spacial score (nSPS) is 14.7. The first-order chi connectivity index (χ1) is 11.6. The number of hydrogen-bond donors (Lipinski definition) is 1. The predicted molar refractivity (Wildman–Crippen MR) is 103 cm³/mol. The second-order valence-electron chi connectivity index (χ2n) is 5.69. The Balaban J connectivity index is 2.29. The van der Waals surface area contributed by atoms with Gasteiger partial charge in [-0.05, 0) is 36.3 Å². The van der Waals surface area contributed by atoms with Crippen LogP contribution in [-0.4, -0.2) is 5.66 Å². The summed E-state index contributed by atoms with van der Waals surface area (Å²) in [5, 5.41) is 0. The molecule has 2 aromatic carbocycles. The molecule has 0 saturated carbocycles. The molecule has 2 N–H and O–H groups in total. The molecule has 2 unspecified atom stereocenters. The fraction of sp³-hybridized carbons (Fsp3) is 0.200. The molecule has 0 spiro atoms. The fourth-order valence-corrected chi connectivity index (χ4v) is 2.55. The molecule has 0 bridgehead atoms. The van der Waals surface area contributed by atoms with Gasteiger partial charge in [-0.25, -0.2) is 0 Å². The van der Waals surface area contributed by atoms with Crippen LogP contribution in [0.15, 0.2) is 84.7 Å². The van der Waals surface area contributed by atoms with E-state index in [1.807, 2.05) is 97.6 Å². The third kappa shape index (κ3) is 4.81. The molecule has 0 aliphatic heterocycles. The molecule has 2 aromatic rings. The van der Waals surface area contributed by atoms with Crippen molar-refractivity contribution in [3.8, 4) is 0 Å². The van der Waals surface area contributed by atoms with Crippen molar-refractivity contribution < 1.29 is 4.57 Å². The van der Waals surface area contributed by atoms with Crippen LogP contribution < -0.4 is 10.6 Å². The summed E-state index contributed by atoms with van der Waals surface area (Å²) >= 11 is 0. The van der Waals surface area contributed by atoms with E-state index < -0.39 is 0 Å². The minimum atomic E-state index is 0.0928. The van der Waals surface area contributed by atoms with E-state index in [1.165, 1.54) is 0 Å². The number of nitrogens with zero attached hydrogens (tertiary/aromatic N) is 1. The standard InChI is InChI=1S/C20H23N2OP/c1-16(17(2)24-23)10-9-15-20(21)22(18-11-5-3-6-12-18)19-13-7-4-8-14-19/h3-17H,21H2,1-2H3/b10-9-,20-15+. The summed E-state index contributed by atoms with van der Waals surface area (Å²) in [5.74, 6) is 0.846. The summed E-state index contributed by atoms with van der Waals surface area (Å²) in [5.41, 5.74) is 8.45. The number of para-hydroxylation sites is 2. The van der Waals surface area contributed by atoms with Crippen LogP contribution in [0.25, 0.3) is 0 Å². The maximum atomic E-state index is 10.9. The molecular formula is C20H23N2OP. The Morgan fingerprint density at radius 2 is 1.50 bits per heavy atom. The molecule has 0 amide bonds. The topological polar surface area (TPSA) is 46.3 Å². The van der Waals surface area contributed by atoms with Crippen molar-refractivity contribution in [1.82, 2.24) is 0 Å². The molecular weight excluding hydrogens is 315 g/mol. The summed E-state index contributed by atoms with van der Waals surface area (Å²) in [4.78, 5) is 2.00. The lowest BCUT2D eigenvalue weighted by atomic mass is 10.1. The van der Waals surface area contributed by atoms with Gasteiger partial charge in [0.1, 0.15) is 5.82 Å². The van der Waals surface area contributed by atoms with Crippen molar-refractivity contribution in [2.75, 3.05) is 4.90 Å². The van der Waals surface area contributed by atoms with Crippen LogP contribution >= 0.6 is 8.46 Å². The van der Waals surface area contributed by atoms with Crippen LogP contribution in [0.5, 0.6) is 0 Å². The van der Waals surface area contributed by atoms with E-state index in [2.05, 4.69) is 0 Å². The van der Waals surface area contributed by atoms with Gasteiger partial charge in [-0.15, -0.1) is 0 Å². The Kier molecular flexibility index (Phi) is 6.77. The first-order valence-electron chi connectivity index (χ1n) is 8.00. The molecule has 3 nitrogen and oxygen atoms in total. The number of anilines is 2. The Hall–Kier alpha value is -2.38. The van der Waals surface area contributed by atoms with Crippen LogP contribution in [0.4, 0.5) is 11.4 Å². The Morgan fingerprint density at radius 1 is 1.00 bits per heavy atom. The molecule has 0 saturated heterocycles. The van der Waals surface area contributed by atoms with Gasteiger partial charge in [0.2, 0.25) is 0 Å². The van der Waals surface area contributed by atoms with Gasteiger partial charge in [0.05, 0.1) is 0 Å². The highest BCUT2D eigenvalue weighted by molar-refractivity contribution is 7.24. The van der Waals surface area contributed by atoms with Gasteiger partial charge in [-0.2, -0.15) is 0 Å². The molecule has 4 heteroatoms. The molecule has 124 valence electrons. The number of allylic oxidation sites excluding steroid dienone is 3. The summed E-state index contributed by atoms with van der Waals surface area (Å²) in [6, 6.07) is 20.0. The predicted octanol–water partition coefficient (Wildman–Crippen LogP) is 5.50. The zero-order valence-corrected chi connectivity index (χ0v) is 14.9. The largest absolute Gasteiger partial charge is 0.385 e. The quantitative estimate of drug-likeness (QED) is 0.536. The highest BCUT2D eigenvalue weighted by Crippen LogP contribution is 2.27. The molecule has 2 atom stereocenters. The van der Waals surface area contributed by atoms with Gasteiger partial charge in [0.15, 0.2) is 8.46 Å². The second-order valence-corrected chi connectivity index (χ2v) is 6.71. The Bertz CT molecular complexity index is 659. The van der Waals surface area contributed by atoms with Crippen LogP contribution in [0.3, 0.4) is 0 Å². The monoisotopic (exact) mass is 338 g/mol. The molecule has 2 rings (SSSR count). The van der Waals surface area contributed by atoms with Gasteiger partial charge in [0, 0.05) is 17.0 Å². The smallest absolute Gasteiger partial charge is 0.158 e. The average Bonchev–Trinajstić information content (AvgIpc) is 2.63. The van der Waals surface area contributed by atoms with Gasteiger partial charge >= 0.3 is 0 Å². The average molecular weight is 338 g/mol. The van der Waals surface area contributed by atoms with E-state index in [0.717, 1.165) is 11.4 Å². The summed E-state index contributed by atoms with van der Waals surface area (Å²) < 4.78 is 10.9. The first kappa shape index (κ1) is 18.0. The Labute approximate surface area is 145 Å². The molecule has 0 aliphatic carbocycles. The van der Waals surface area contributed by atoms with Crippen molar-refractivity contribution in [2.24, 2.45) is 11.7 Å². The zero-order chi connectivity index (χ0) is 17.4. The lowest BCUT2D eigenvalue weighted by Crippen LogP contribution is -2.22. The second kappa shape index (κ2) is 9.05. The molecule has 0 aliphatic rings. The Morgan fingerprint density at radius 3 is 1.96 bits per heavy atom.